The van der Waals surface area contributed by atoms with Crippen molar-refractivity contribution in [3.05, 3.63) is 59.3 Å². The maximum absolute atomic E-state index is 14.1. The van der Waals surface area contributed by atoms with Crippen LogP contribution in [0.1, 0.15) is 25.2 Å². The molecule has 2 aromatic rings. The molecule has 118 valence electrons. The van der Waals surface area contributed by atoms with E-state index in [0.29, 0.717) is 5.76 Å². The van der Waals surface area contributed by atoms with Crippen molar-refractivity contribution in [2.45, 2.75) is 25.7 Å². The highest BCUT2D eigenvalue weighted by molar-refractivity contribution is 5.83. The van der Waals surface area contributed by atoms with Crippen molar-refractivity contribution in [2.75, 3.05) is 6.61 Å². The maximum Gasteiger partial charge on any atom is 0.316 e. The molecule has 1 aromatic carbocycles. The summed E-state index contributed by atoms with van der Waals surface area (Å²) in [5.41, 5.74) is -1.81. The summed E-state index contributed by atoms with van der Waals surface area (Å²) in [5.74, 6) is -4.67. The Morgan fingerprint density at radius 2 is 1.95 bits per heavy atom. The standard InChI is InChI=1S/C16H15F3O3/c1-3-21-15(20)16(2,9-10-5-4-8-22-10)11-6-7-12(17)14(19)13(11)18/h4-8H,3,9H2,1-2H3. The average Bonchev–Trinajstić information content (AvgIpc) is 2.97. The Labute approximate surface area is 125 Å². The first-order valence-electron chi connectivity index (χ1n) is 6.73. The molecular formula is C16H15F3O3. The van der Waals surface area contributed by atoms with E-state index in [1.165, 1.54) is 13.2 Å². The van der Waals surface area contributed by atoms with Gasteiger partial charge in [-0.1, -0.05) is 6.07 Å². The number of carbonyl (C=O) groups is 1. The van der Waals surface area contributed by atoms with Crippen LogP contribution in [0.15, 0.2) is 34.9 Å². The minimum atomic E-state index is -1.62. The third-order valence-corrected chi connectivity index (χ3v) is 3.46. The van der Waals surface area contributed by atoms with E-state index in [2.05, 4.69) is 0 Å². The minimum absolute atomic E-state index is 0.0408. The molecule has 1 atom stereocenters. The summed E-state index contributed by atoms with van der Waals surface area (Å²) in [4.78, 5) is 12.3. The minimum Gasteiger partial charge on any atom is -0.469 e. The van der Waals surface area contributed by atoms with Gasteiger partial charge in [0.25, 0.3) is 0 Å². The predicted molar refractivity (Wildman–Crippen MR) is 72.7 cm³/mol. The number of benzene rings is 1. The van der Waals surface area contributed by atoms with Crippen LogP contribution < -0.4 is 0 Å². The van der Waals surface area contributed by atoms with Gasteiger partial charge in [0, 0.05) is 12.0 Å². The lowest BCUT2D eigenvalue weighted by atomic mass is 9.78. The zero-order valence-corrected chi connectivity index (χ0v) is 12.2. The first-order valence-corrected chi connectivity index (χ1v) is 6.73. The molecule has 22 heavy (non-hydrogen) atoms. The van der Waals surface area contributed by atoms with Gasteiger partial charge in [-0.2, -0.15) is 0 Å². The first-order chi connectivity index (χ1) is 10.4. The fourth-order valence-corrected chi connectivity index (χ4v) is 2.28. The molecule has 0 fully saturated rings. The van der Waals surface area contributed by atoms with Crippen LogP contribution in [0.2, 0.25) is 0 Å². The number of furan rings is 1. The smallest absolute Gasteiger partial charge is 0.316 e. The Morgan fingerprint density at radius 1 is 1.23 bits per heavy atom. The molecule has 6 heteroatoms. The summed E-state index contributed by atoms with van der Waals surface area (Å²) in [6.07, 6.45) is 1.36. The normalized spacial score (nSPS) is 13.7. The van der Waals surface area contributed by atoms with Crippen molar-refractivity contribution in [3.8, 4) is 0 Å². The molecule has 0 bridgehead atoms. The van der Waals surface area contributed by atoms with Crippen LogP contribution in [0.25, 0.3) is 0 Å². The third-order valence-electron chi connectivity index (χ3n) is 3.46. The molecule has 0 spiro atoms. The number of halogens is 3. The van der Waals surface area contributed by atoms with Crippen LogP contribution in [0.5, 0.6) is 0 Å². The molecule has 0 amide bonds. The highest BCUT2D eigenvalue weighted by atomic mass is 19.2. The van der Waals surface area contributed by atoms with Crippen molar-refractivity contribution >= 4 is 5.97 Å². The summed E-state index contributed by atoms with van der Waals surface area (Å²) in [6.45, 7) is 3.09. The van der Waals surface area contributed by atoms with Gasteiger partial charge < -0.3 is 9.15 Å². The molecule has 1 unspecified atom stereocenters. The van der Waals surface area contributed by atoms with Crippen LogP contribution in [-0.2, 0) is 21.4 Å². The van der Waals surface area contributed by atoms with Gasteiger partial charge in [0.1, 0.15) is 5.76 Å². The van der Waals surface area contributed by atoms with Gasteiger partial charge in [0.05, 0.1) is 18.3 Å². The molecular weight excluding hydrogens is 297 g/mol. The lowest BCUT2D eigenvalue weighted by Gasteiger charge is -2.27. The van der Waals surface area contributed by atoms with Gasteiger partial charge in [-0.05, 0) is 32.0 Å². The van der Waals surface area contributed by atoms with Crippen LogP contribution >= 0.6 is 0 Å². The first kappa shape index (κ1) is 16.1. The molecule has 1 heterocycles. The molecule has 1 aromatic heterocycles. The average molecular weight is 312 g/mol. The third kappa shape index (κ3) is 2.86. The van der Waals surface area contributed by atoms with Crippen LogP contribution in [-0.4, -0.2) is 12.6 Å². The summed E-state index contributed by atoms with van der Waals surface area (Å²) in [6, 6.07) is 5.05. The number of carbonyl (C=O) groups excluding carboxylic acids is 1. The number of rotatable bonds is 5. The summed E-state index contributed by atoms with van der Waals surface area (Å²) >= 11 is 0. The Balaban J connectivity index is 2.53. The molecule has 3 nitrogen and oxygen atoms in total. The number of ether oxygens (including phenoxy) is 1. The van der Waals surface area contributed by atoms with Crippen molar-refractivity contribution in [1.82, 2.24) is 0 Å². The summed E-state index contributed by atoms with van der Waals surface area (Å²) < 4.78 is 50.9. The van der Waals surface area contributed by atoms with Gasteiger partial charge in [0.2, 0.25) is 0 Å². The van der Waals surface area contributed by atoms with Gasteiger partial charge in [-0.3, -0.25) is 4.79 Å². The van der Waals surface area contributed by atoms with Gasteiger partial charge >= 0.3 is 5.97 Å². The highest BCUT2D eigenvalue weighted by Crippen LogP contribution is 2.33. The summed E-state index contributed by atoms with van der Waals surface area (Å²) in [7, 11) is 0. The summed E-state index contributed by atoms with van der Waals surface area (Å²) in [5, 5.41) is 0. The SMILES string of the molecule is CCOC(=O)C(C)(Cc1ccco1)c1ccc(F)c(F)c1F. The van der Waals surface area contributed by atoms with Gasteiger partial charge in [0.15, 0.2) is 17.5 Å². The quantitative estimate of drug-likeness (QED) is 0.623. The molecule has 0 aliphatic carbocycles. The van der Waals surface area contributed by atoms with Crippen LogP contribution in [0, 0.1) is 17.5 Å². The lowest BCUT2D eigenvalue weighted by molar-refractivity contribution is -0.149. The number of esters is 1. The topological polar surface area (TPSA) is 39.4 Å². The monoisotopic (exact) mass is 312 g/mol. The lowest BCUT2D eigenvalue weighted by Crippen LogP contribution is -2.38. The Bertz CT molecular complexity index is 668. The molecule has 0 N–H and O–H groups in total. The van der Waals surface area contributed by atoms with E-state index in [9.17, 15) is 18.0 Å². The Kier molecular flexibility index (Phi) is 4.59. The molecule has 0 aliphatic rings. The fourth-order valence-electron chi connectivity index (χ4n) is 2.28. The van der Waals surface area contributed by atoms with Crippen molar-refractivity contribution in [2.24, 2.45) is 0 Å². The molecule has 0 aliphatic heterocycles. The van der Waals surface area contributed by atoms with E-state index in [0.717, 1.165) is 12.1 Å². The van der Waals surface area contributed by atoms with Gasteiger partial charge in [-0.25, -0.2) is 13.2 Å². The largest absolute Gasteiger partial charge is 0.469 e. The zero-order valence-electron chi connectivity index (χ0n) is 12.2. The molecule has 2 rings (SSSR count). The van der Waals surface area contributed by atoms with E-state index in [-0.39, 0.29) is 18.6 Å². The maximum atomic E-state index is 14.1. The second-order valence-corrected chi connectivity index (χ2v) is 5.03. The van der Waals surface area contributed by atoms with E-state index < -0.39 is 28.8 Å². The van der Waals surface area contributed by atoms with E-state index in [1.54, 1.807) is 19.1 Å². The number of hydrogen-bond acceptors (Lipinski definition) is 3. The molecule has 0 saturated heterocycles. The van der Waals surface area contributed by atoms with Crippen molar-refractivity contribution in [3.63, 3.8) is 0 Å². The molecule has 0 radical (unpaired) electrons. The number of hydrogen-bond donors (Lipinski definition) is 0. The van der Waals surface area contributed by atoms with E-state index in [1.807, 2.05) is 0 Å². The zero-order chi connectivity index (χ0) is 16.3. The van der Waals surface area contributed by atoms with Crippen LogP contribution in [0.4, 0.5) is 13.2 Å². The predicted octanol–water partition coefficient (Wildman–Crippen LogP) is 3.76. The highest BCUT2D eigenvalue weighted by Gasteiger charge is 2.41. The second kappa shape index (κ2) is 6.25. The Morgan fingerprint density at radius 3 is 2.55 bits per heavy atom. The van der Waals surface area contributed by atoms with Crippen LogP contribution in [0.3, 0.4) is 0 Å². The van der Waals surface area contributed by atoms with Crippen molar-refractivity contribution in [1.29, 1.82) is 0 Å². The van der Waals surface area contributed by atoms with E-state index in [4.69, 9.17) is 9.15 Å². The fraction of sp³-hybridized carbons (Fsp3) is 0.312. The second-order valence-electron chi connectivity index (χ2n) is 5.03. The van der Waals surface area contributed by atoms with Crippen molar-refractivity contribution < 1.29 is 27.1 Å². The Hall–Kier alpha value is -2.24. The van der Waals surface area contributed by atoms with E-state index >= 15 is 0 Å². The van der Waals surface area contributed by atoms with Gasteiger partial charge in [-0.15, -0.1) is 0 Å². The molecule has 0 saturated carbocycles.